The van der Waals surface area contributed by atoms with Crippen LogP contribution in [0.25, 0.3) is 0 Å². The molecule has 0 heterocycles. The standard InChI is InChI=1S/C7H15NO/c1-7(6-9-2)4-3-5-8/h1,3-6,8H2,2H3. The van der Waals surface area contributed by atoms with Crippen molar-refractivity contribution in [3.8, 4) is 0 Å². The Bertz CT molecular complexity index is 81.0. The molecule has 0 aromatic rings. The van der Waals surface area contributed by atoms with E-state index in [0.29, 0.717) is 6.61 Å². The van der Waals surface area contributed by atoms with Crippen LogP contribution in [0.5, 0.6) is 0 Å². The summed E-state index contributed by atoms with van der Waals surface area (Å²) in [5, 5.41) is 0. The van der Waals surface area contributed by atoms with Crippen LogP contribution in [0, 0.1) is 0 Å². The molecule has 2 nitrogen and oxygen atoms in total. The number of nitrogens with two attached hydrogens (primary N) is 1. The maximum atomic E-state index is 5.29. The summed E-state index contributed by atoms with van der Waals surface area (Å²) < 4.78 is 4.86. The van der Waals surface area contributed by atoms with E-state index in [1.54, 1.807) is 7.11 Å². The molecule has 0 bridgehead atoms. The summed E-state index contributed by atoms with van der Waals surface area (Å²) in [6.45, 7) is 5.21. The molecule has 9 heavy (non-hydrogen) atoms. The second kappa shape index (κ2) is 5.79. The first-order chi connectivity index (χ1) is 4.31. The highest BCUT2D eigenvalue weighted by atomic mass is 16.5. The molecule has 0 aromatic carbocycles. The lowest BCUT2D eigenvalue weighted by Gasteiger charge is -2.00. The molecule has 0 rings (SSSR count). The molecule has 0 unspecified atom stereocenters. The summed E-state index contributed by atoms with van der Waals surface area (Å²) in [6.07, 6.45) is 2.01. The molecule has 0 saturated heterocycles. The lowest BCUT2D eigenvalue weighted by molar-refractivity contribution is 0.223. The second-order valence-corrected chi connectivity index (χ2v) is 2.08. The molecule has 2 N–H and O–H groups in total. The zero-order valence-electron chi connectivity index (χ0n) is 6.02. The molecule has 0 radical (unpaired) electrons. The highest BCUT2D eigenvalue weighted by molar-refractivity contribution is 4.93. The first-order valence-corrected chi connectivity index (χ1v) is 3.17. The predicted molar refractivity (Wildman–Crippen MR) is 39.3 cm³/mol. The third-order valence-corrected chi connectivity index (χ3v) is 1.08. The van der Waals surface area contributed by atoms with Crippen molar-refractivity contribution in [1.82, 2.24) is 0 Å². The van der Waals surface area contributed by atoms with Crippen LogP contribution in [0.15, 0.2) is 12.2 Å². The summed E-state index contributed by atoms with van der Waals surface area (Å²) in [5.74, 6) is 0. The number of hydrogen-bond acceptors (Lipinski definition) is 2. The van der Waals surface area contributed by atoms with Gasteiger partial charge in [0.1, 0.15) is 0 Å². The van der Waals surface area contributed by atoms with Crippen molar-refractivity contribution in [1.29, 1.82) is 0 Å². The van der Waals surface area contributed by atoms with E-state index in [1.807, 2.05) is 0 Å². The van der Waals surface area contributed by atoms with Crippen LogP contribution >= 0.6 is 0 Å². The van der Waals surface area contributed by atoms with Crippen molar-refractivity contribution in [2.45, 2.75) is 12.8 Å². The normalized spacial score (nSPS) is 9.56. The molecule has 0 spiro atoms. The van der Waals surface area contributed by atoms with Gasteiger partial charge in [-0.1, -0.05) is 12.2 Å². The van der Waals surface area contributed by atoms with E-state index in [0.717, 1.165) is 25.0 Å². The van der Waals surface area contributed by atoms with Gasteiger partial charge < -0.3 is 10.5 Å². The SMILES string of the molecule is C=C(CCCN)COC. The minimum Gasteiger partial charge on any atom is -0.380 e. The number of methoxy groups -OCH3 is 1. The maximum absolute atomic E-state index is 5.29. The molecule has 0 aliphatic carbocycles. The van der Waals surface area contributed by atoms with Crippen molar-refractivity contribution < 1.29 is 4.74 Å². The molecule has 2 heteroatoms. The van der Waals surface area contributed by atoms with Gasteiger partial charge >= 0.3 is 0 Å². The molecular formula is C7H15NO. The summed E-state index contributed by atoms with van der Waals surface area (Å²) in [6, 6.07) is 0. The van der Waals surface area contributed by atoms with E-state index < -0.39 is 0 Å². The zero-order valence-corrected chi connectivity index (χ0v) is 6.02. The Hall–Kier alpha value is -0.340. The lowest BCUT2D eigenvalue weighted by atomic mass is 10.2. The quantitative estimate of drug-likeness (QED) is 0.560. The van der Waals surface area contributed by atoms with Gasteiger partial charge in [0.25, 0.3) is 0 Å². The van der Waals surface area contributed by atoms with Crippen LogP contribution in [0.2, 0.25) is 0 Å². The van der Waals surface area contributed by atoms with Crippen molar-refractivity contribution in [3.05, 3.63) is 12.2 Å². The van der Waals surface area contributed by atoms with E-state index in [-0.39, 0.29) is 0 Å². The van der Waals surface area contributed by atoms with Gasteiger partial charge in [-0.25, -0.2) is 0 Å². The molecular weight excluding hydrogens is 114 g/mol. The Labute approximate surface area is 56.7 Å². The molecule has 0 aromatic heterocycles. The molecule has 54 valence electrons. The number of rotatable bonds is 5. The van der Waals surface area contributed by atoms with Crippen molar-refractivity contribution in [2.75, 3.05) is 20.3 Å². The fourth-order valence-corrected chi connectivity index (χ4v) is 0.628. The average molecular weight is 129 g/mol. The van der Waals surface area contributed by atoms with Crippen LogP contribution in [0.3, 0.4) is 0 Å². The van der Waals surface area contributed by atoms with Crippen LogP contribution in [0.4, 0.5) is 0 Å². The summed E-state index contributed by atoms with van der Waals surface area (Å²) in [5.41, 5.74) is 6.42. The number of hydrogen-bond donors (Lipinski definition) is 1. The van der Waals surface area contributed by atoms with Crippen molar-refractivity contribution in [3.63, 3.8) is 0 Å². The minimum absolute atomic E-state index is 0.667. The third kappa shape index (κ3) is 5.53. The predicted octanol–water partition coefficient (Wildman–Crippen LogP) is 0.928. The largest absolute Gasteiger partial charge is 0.380 e. The van der Waals surface area contributed by atoms with Crippen molar-refractivity contribution in [2.24, 2.45) is 5.73 Å². The van der Waals surface area contributed by atoms with Gasteiger partial charge in [0.05, 0.1) is 6.61 Å². The van der Waals surface area contributed by atoms with E-state index in [1.165, 1.54) is 0 Å². The van der Waals surface area contributed by atoms with Gasteiger partial charge in [-0.3, -0.25) is 0 Å². The average Bonchev–Trinajstić information content (AvgIpc) is 1.85. The van der Waals surface area contributed by atoms with Gasteiger partial charge in [-0.05, 0) is 19.4 Å². The summed E-state index contributed by atoms with van der Waals surface area (Å²) in [4.78, 5) is 0. The van der Waals surface area contributed by atoms with Crippen molar-refractivity contribution >= 4 is 0 Å². The smallest absolute Gasteiger partial charge is 0.0670 e. The molecule has 0 aliphatic rings. The van der Waals surface area contributed by atoms with Crippen LogP contribution in [-0.4, -0.2) is 20.3 Å². The highest BCUT2D eigenvalue weighted by Gasteiger charge is 1.90. The Balaban J connectivity index is 3.06. The van der Waals surface area contributed by atoms with Gasteiger partial charge in [0.15, 0.2) is 0 Å². The Morgan fingerprint density at radius 2 is 2.33 bits per heavy atom. The lowest BCUT2D eigenvalue weighted by Crippen LogP contribution is -2.00. The van der Waals surface area contributed by atoms with Crippen LogP contribution in [-0.2, 0) is 4.74 Å². The van der Waals surface area contributed by atoms with Gasteiger partial charge in [-0.2, -0.15) is 0 Å². The second-order valence-electron chi connectivity index (χ2n) is 2.08. The summed E-state index contributed by atoms with van der Waals surface area (Å²) in [7, 11) is 1.67. The fraction of sp³-hybridized carbons (Fsp3) is 0.714. The maximum Gasteiger partial charge on any atom is 0.0670 e. The summed E-state index contributed by atoms with van der Waals surface area (Å²) >= 11 is 0. The van der Waals surface area contributed by atoms with Crippen LogP contribution < -0.4 is 5.73 Å². The Morgan fingerprint density at radius 3 is 2.78 bits per heavy atom. The minimum atomic E-state index is 0.667. The monoisotopic (exact) mass is 129 g/mol. The highest BCUT2D eigenvalue weighted by Crippen LogP contribution is 1.99. The zero-order chi connectivity index (χ0) is 7.11. The molecule has 0 aliphatic heterocycles. The fourth-order valence-electron chi connectivity index (χ4n) is 0.628. The van der Waals surface area contributed by atoms with Crippen LogP contribution in [0.1, 0.15) is 12.8 Å². The van der Waals surface area contributed by atoms with E-state index >= 15 is 0 Å². The van der Waals surface area contributed by atoms with E-state index in [9.17, 15) is 0 Å². The molecule has 0 saturated carbocycles. The van der Waals surface area contributed by atoms with E-state index in [4.69, 9.17) is 10.5 Å². The topological polar surface area (TPSA) is 35.2 Å². The number of ether oxygens (including phenoxy) is 1. The van der Waals surface area contributed by atoms with Gasteiger partial charge in [0, 0.05) is 7.11 Å². The Kier molecular flexibility index (Phi) is 5.57. The van der Waals surface area contributed by atoms with Gasteiger partial charge in [0.2, 0.25) is 0 Å². The molecule has 0 fully saturated rings. The molecule has 0 atom stereocenters. The van der Waals surface area contributed by atoms with Gasteiger partial charge in [-0.15, -0.1) is 0 Å². The van der Waals surface area contributed by atoms with E-state index in [2.05, 4.69) is 6.58 Å². The molecule has 0 amide bonds. The third-order valence-electron chi connectivity index (χ3n) is 1.08. The first-order valence-electron chi connectivity index (χ1n) is 3.17. The Morgan fingerprint density at radius 1 is 1.67 bits per heavy atom. The first kappa shape index (κ1) is 8.66.